The van der Waals surface area contributed by atoms with Gasteiger partial charge in [-0.1, -0.05) is 285 Å². The highest BCUT2D eigenvalue weighted by atomic mass is 31.2. The molecule has 0 rings (SSSR count). The van der Waals surface area contributed by atoms with Crippen LogP contribution in [0.25, 0.3) is 0 Å². The molecule has 486 valence electrons. The molecule has 0 spiro atoms. The summed E-state index contributed by atoms with van der Waals surface area (Å²) in [6.07, 6.45) is 85.2. The molecule has 0 saturated heterocycles. The minimum atomic E-state index is -4.71. The smallest absolute Gasteiger partial charge is 0.306 e. The molecule has 0 saturated carbocycles. The first-order valence-corrected chi connectivity index (χ1v) is 36.5. The number of hydrogen-bond acceptors (Lipinski definition) is 7. The van der Waals surface area contributed by atoms with Gasteiger partial charge in [-0.15, -0.1) is 0 Å². The van der Waals surface area contributed by atoms with Crippen LogP contribution in [-0.2, 0) is 27.9 Å². The van der Waals surface area contributed by atoms with E-state index in [4.69, 9.17) is 13.8 Å². The second-order valence-corrected chi connectivity index (χ2v) is 26.1. The number of carbonyl (C=O) groups excluding carboxylic acids is 2. The number of rotatable bonds is 63. The molecule has 0 aromatic rings. The van der Waals surface area contributed by atoms with Crippen LogP contribution in [0.3, 0.4) is 0 Å². The Hall–Kier alpha value is -3.07. The molecule has 3 unspecified atom stereocenters. The van der Waals surface area contributed by atoms with Gasteiger partial charge < -0.3 is 28.5 Å². The largest absolute Gasteiger partial charge is 0.756 e. The number of allylic oxidation sites excluding steroid dienone is 15. The Morgan fingerprint density at radius 2 is 0.762 bits per heavy atom. The number of esters is 1. The lowest BCUT2D eigenvalue weighted by Crippen LogP contribution is -2.47. The van der Waals surface area contributed by atoms with Crippen molar-refractivity contribution >= 4 is 19.7 Å². The highest BCUT2D eigenvalue weighted by Crippen LogP contribution is 2.38. The lowest BCUT2D eigenvalue weighted by Gasteiger charge is -2.30. The summed E-state index contributed by atoms with van der Waals surface area (Å²) in [6.45, 7) is 6.72. The number of amides is 1. The minimum absolute atomic E-state index is 0.0267. The maximum atomic E-state index is 13.6. The van der Waals surface area contributed by atoms with Crippen LogP contribution in [0, 0.1) is 0 Å². The van der Waals surface area contributed by atoms with E-state index in [1.807, 2.05) is 33.3 Å². The van der Waals surface area contributed by atoms with E-state index in [0.717, 1.165) is 116 Å². The van der Waals surface area contributed by atoms with Crippen molar-refractivity contribution in [3.63, 3.8) is 0 Å². The Kier molecular flexibility index (Phi) is 60.7. The average molecular weight is 1190 g/mol. The lowest BCUT2D eigenvalue weighted by molar-refractivity contribution is -0.870. The maximum Gasteiger partial charge on any atom is 0.306 e. The van der Waals surface area contributed by atoms with Crippen LogP contribution in [0.2, 0.25) is 0 Å². The third-order valence-electron chi connectivity index (χ3n) is 15.2. The predicted octanol–water partition coefficient (Wildman–Crippen LogP) is 21.7. The standard InChI is InChI=1S/C74H133N2O7P/c1-7-10-13-16-19-22-25-28-30-32-34-35-36-37-38-39-40-41-43-45-47-49-52-55-58-61-64-67-74(78)83-72(65-62-59-56-53-50-27-24-21-18-15-12-9-3)71(70-82-84(79,80)81-69-68-76(4,5)6)75-73(77)66-63-60-57-54-51-48-46-44-42-33-31-29-26-23-20-17-14-11-8-2/h10,13,19-20,22-23,28-31,34-35,37-38,62,65,71-72H,7-9,11-12,14-18,21,24-27,32-33,36,39-61,63-64,66-70H2,1-6H3,(H-,75,77,79,80)/b13-10-,22-19-,23-20-,30-28-,31-29-,35-34-,38-37-,65-62-. The third-order valence-corrected chi connectivity index (χ3v) is 16.2. The van der Waals surface area contributed by atoms with Gasteiger partial charge in [0.25, 0.3) is 7.82 Å². The molecule has 9 nitrogen and oxygen atoms in total. The summed E-state index contributed by atoms with van der Waals surface area (Å²) in [5.41, 5.74) is 0. The van der Waals surface area contributed by atoms with Gasteiger partial charge in [-0.3, -0.25) is 14.2 Å². The van der Waals surface area contributed by atoms with Crippen LogP contribution in [0.4, 0.5) is 0 Å². The number of likely N-dealkylation sites (N-methyl/N-ethyl adjacent to an activating group) is 1. The molecule has 0 heterocycles. The van der Waals surface area contributed by atoms with E-state index in [9.17, 15) is 19.0 Å². The lowest BCUT2D eigenvalue weighted by atomic mass is 10.0. The summed E-state index contributed by atoms with van der Waals surface area (Å²) in [5, 5.41) is 3.04. The Morgan fingerprint density at radius 1 is 0.429 bits per heavy atom. The molecule has 1 N–H and O–H groups in total. The molecule has 84 heavy (non-hydrogen) atoms. The van der Waals surface area contributed by atoms with Gasteiger partial charge in [0.15, 0.2) is 0 Å². The van der Waals surface area contributed by atoms with Crippen molar-refractivity contribution in [3.05, 3.63) is 97.2 Å². The van der Waals surface area contributed by atoms with Crippen molar-refractivity contribution in [1.82, 2.24) is 5.32 Å². The van der Waals surface area contributed by atoms with Crippen molar-refractivity contribution in [2.75, 3.05) is 40.9 Å². The van der Waals surface area contributed by atoms with E-state index in [1.54, 1.807) is 0 Å². The summed E-state index contributed by atoms with van der Waals surface area (Å²) in [6, 6.07) is -0.897. The van der Waals surface area contributed by atoms with Crippen LogP contribution in [-0.4, -0.2) is 69.4 Å². The minimum Gasteiger partial charge on any atom is -0.756 e. The molecule has 0 radical (unpaired) electrons. The van der Waals surface area contributed by atoms with Gasteiger partial charge in [0.2, 0.25) is 5.91 Å². The van der Waals surface area contributed by atoms with Gasteiger partial charge >= 0.3 is 5.97 Å². The molecule has 0 aliphatic rings. The fraction of sp³-hybridized carbons (Fsp3) is 0.757. The number of ether oxygens (including phenoxy) is 1. The molecule has 0 aliphatic heterocycles. The molecule has 0 bridgehead atoms. The van der Waals surface area contributed by atoms with Crippen LogP contribution >= 0.6 is 7.82 Å². The first-order chi connectivity index (χ1) is 40.9. The van der Waals surface area contributed by atoms with Crippen LogP contribution < -0.4 is 10.2 Å². The number of phosphoric acid groups is 1. The molecule has 10 heteroatoms. The van der Waals surface area contributed by atoms with E-state index in [-0.39, 0.29) is 24.9 Å². The third kappa shape index (κ3) is 63.4. The Bertz CT molecular complexity index is 1760. The second kappa shape index (κ2) is 63.0. The Morgan fingerprint density at radius 3 is 1.17 bits per heavy atom. The Labute approximate surface area is 519 Å². The zero-order chi connectivity index (χ0) is 61.4. The maximum absolute atomic E-state index is 13.6. The van der Waals surface area contributed by atoms with Gasteiger partial charge in [-0.05, 0) is 109 Å². The number of quaternary nitrogens is 1. The van der Waals surface area contributed by atoms with Gasteiger partial charge in [-0.2, -0.15) is 0 Å². The number of unbranched alkanes of at least 4 members (excludes halogenated alkanes) is 33. The van der Waals surface area contributed by atoms with E-state index in [1.165, 1.54) is 161 Å². The van der Waals surface area contributed by atoms with Crippen molar-refractivity contribution < 1.29 is 37.3 Å². The highest BCUT2D eigenvalue weighted by molar-refractivity contribution is 7.45. The van der Waals surface area contributed by atoms with Gasteiger partial charge in [-0.25, -0.2) is 0 Å². The SMILES string of the molecule is CC/C=C\C/C=C\C/C=C\C/C=C\C/C=C\CCCCCCCCCCCCCC(=O)OC(/C=C\CCCCCCCCCCCC)C(COP(=O)([O-])OCC[N+](C)(C)C)NC(=O)CCCCCCCCCCC/C=C\C/C=C\CCCCC. The molecule has 3 atom stereocenters. The van der Waals surface area contributed by atoms with Gasteiger partial charge in [0.05, 0.1) is 33.8 Å². The second-order valence-electron chi connectivity index (χ2n) is 24.6. The molecule has 0 aromatic heterocycles. The number of carbonyl (C=O) groups is 2. The van der Waals surface area contributed by atoms with Crippen molar-refractivity contribution in [2.24, 2.45) is 0 Å². The quantitative estimate of drug-likeness (QED) is 0.0212. The van der Waals surface area contributed by atoms with Gasteiger partial charge in [0.1, 0.15) is 19.3 Å². The number of hydrogen-bond donors (Lipinski definition) is 1. The summed E-state index contributed by atoms with van der Waals surface area (Å²) < 4.78 is 30.4. The first-order valence-electron chi connectivity index (χ1n) is 35.0. The van der Waals surface area contributed by atoms with Crippen LogP contribution in [0.1, 0.15) is 310 Å². The highest BCUT2D eigenvalue weighted by Gasteiger charge is 2.27. The monoisotopic (exact) mass is 1190 g/mol. The summed E-state index contributed by atoms with van der Waals surface area (Å²) in [5.74, 6) is -0.546. The van der Waals surface area contributed by atoms with E-state index >= 15 is 0 Å². The average Bonchev–Trinajstić information content (AvgIpc) is 3.65. The molecule has 0 aliphatic carbocycles. The molecule has 1 amide bonds. The fourth-order valence-electron chi connectivity index (χ4n) is 9.87. The van der Waals surface area contributed by atoms with Gasteiger partial charge in [0, 0.05) is 12.8 Å². The predicted molar refractivity (Wildman–Crippen MR) is 362 cm³/mol. The van der Waals surface area contributed by atoms with Crippen LogP contribution in [0.15, 0.2) is 97.2 Å². The number of phosphoric ester groups is 1. The zero-order valence-electron chi connectivity index (χ0n) is 55.6. The van der Waals surface area contributed by atoms with Crippen molar-refractivity contribution in [2.45, 2.75) is 322 Å². The number of nitrogens with zero attached hydrogens (tertiary/aromatic N) is 1. The summed E-state index contributed by atoms with van der Waals surface area (Å²) >= 11 is 0. The zero-order valence-corrected chi connectivity index (χ0v) is 56.5. The Balaban J connectivity index is 5.07. The normalized spacial score (nSPS) is 14.1. The van der Waals surface area contributed by atoms with Crippen LogP contribution in [0.5, 0.6) is 0 Å². The number of nitrogens with one attached hydrogen (secondary N) is 1. The molecular weight excluding hydrogens is 1060 g/mol. The van der Waals surface area contributed by atoms with Crippen molar-refractivity contribution in [3.8, 4) is 0 Å². The molecular formula is C74H133N2O7P. The molecule has 0 fully saturated rings. The first kappa shape index (κ1) is 80.9. The molecule has 0 aromatic carbocycles. The van der Waals surface area contributed by atoms with Crippen molar-refractivity contribution in [1.29, 1.82) is 0 Å². The summed E-state index contributed by atoms with van der Waals surface area (Å²) in [4.78, 5) is 40.2. The van der Waals surface area contributed by atoms with E-state index in [2.05, 4.69) is 111 Å². The van der Waals surface area contributed by atoms with E-state index < -0.39 is 26.6 Å². The van der Waals surface area contributed by atoms with E-state index in [0.29, 0.717) is 17.4 Å². The fourth-order valence-corrected chi connectivity index (χ4v) is 10.6. The topological polar surface area (TPSA) is 114 Å². The summed E-state index contributed by atoms with van der Waals surface area (Å²) in [7, 11) is 1.18.